The molecule has 7 heteroatoms. The number of halogens is 1. The van der Waals surface area contributed by atoms with Gasteiger partial charge in [0.15, 0.2) is 0 Å². The summed E-state index contributed by atoms with van der Waals surface area (Å²) in [6.07, 6.45) is 5.03. The van der Waals surface area contributed by atoms with Gasteiger partial charge in [-0.1, -0.05) is 5.21 Å². The first-order chi connectivity index (χ1) is 7.29. The molecule has 2 heterocycles. The second-order valence-corrected chi connectivity index (χ2v) is 3.70. The zero-order valence-corrected chi connectivity index (χ0v) is 9.55. The van der Waals surface area contributed by atoms with Crippen LogP contribution in [0.15, 0.2) is 23.1 Å². The van der Waals surface area contributed by atoms with Crippen molar-refractivity contribution in [1.82, 2.24) is 25.0 Å². The van der Waals surface area contributed by atoms with Gasteiger partial charge in [-0.05, 0) is 15.9 Å². The second-order valence-electron chi connectivity index (χ2n) is 2.79. The van der Waals surface area contributed by atoms with Crippen LogP contribution in [0.5, 0.6) is 0 Å². The Labute approximate surface area is 94.4 Å². The molecule has 0 bridgehead atoms. The maximum atomic E-state index is 4.93. The van der Waals surface area contributed by atoms with Gasteiger partial charge in [0.1, 0.15) is 5.69 Å². The monoisotopic (exact) mass is 269 g/mol. The highest BCUT2D eigenvalue weighted by molar-refractivity contribution is 9.10. The minimum atomic E-state index is 0.427. The summed E-state index contributed by atoms with van der Waals surface area (Å²) >= 11 is 3.26. The van der Waals surface area contributed by atoms with E-state index in [0.717, 1.165) is 10.2 Å². The summed E-state index contributed by atoms with van der Waals surface area (Å²) in [7, 11) is 1.61. The summed E-state index contributed by atoms with van der Waals surface area (Å²) in [5.41, 5.74) is 0.740. The third-order valence-corrected chi connectivity index (χ3v) is 2.05. The smallest absolute Gasteiger partial charge is 0.251 e. The molecule has 0 fully saturated rings. The standard InChI is InChI=1S/C8H8BrN5O/c1-15-5-7-4-14(13-12-7)8-10-2-6(9)3-11-8/h2-4H,5H2,1H3. The van der Waals surface area contributed by atoms with Crippen LogP contribution in [0.4, 0.5) is 0 Å². The molecular formula is C8H8BrN5O. The Morgan fingerprint density at radius 1 is 1.40 bits per heavy atom. The minimum absolute atomic E-state index is 0.427. The Hall–Kier alpha value is -1.34. The molecule has 0 aromatic carbocycles. The maximum Gasteiger partial charge on any atom is 0.251 e. The van der Waals surface area contributed by atoms with Crippen molar-refractivity contribution in [3.05, 3.63) is 28.8 Å². The van der Waals surface area contributed by atoms with Crippen molar-refractivity contribution in [3.63, 3.8) is 0 Å². The molecule has 0 atom stereocenters. The molecule has 0 amide bonds. The van der Waals surface area contributed by atoms with Gasteiger partial charge in [-0.15, -0.1) is 5.10 Å². The van der Waals surface area contributed by atoms with E-state index >= 15 is 0 Å². The van der Waals surface area contributed by atoms with Crippen LogP contribution in [0.1, 0.15) is 5.69 Å². The van der Waals surface area contributed by atoms with Crippen molar-refractivity contribution in [2.45, 2.75) is 6.61 Å². The van der Waals surface area contributed by atoms with Gasteiger partial charge >= 0.3 is 0 Å². The first-order valence-corrected chi connectivity index (χ1v) is 4.97. The largest absolute Gasteiger partial charge is 0.378 e. The van der Waals surface area contributed by atoms with Crippen LogP contribution in [0.25, 0.3) is 5.95 Å². The first-order valence-electron chi connectivity index (χ1n) is 4.17. The average Bonchev–Trinajstić information content (AvgIpc) is 2.68. The highest BCUT2D eigenvalue weighted by Crippen LogP contribution is 2.06. The van der Waals surface area contributed by atoms with E-state index in [-0.39, 0.29) is 0 Å². The van der Waals surface area contributed by atoms with Crippen LogP contribution in [-0.4, -0.2) is 32.1 Å². The minimum Gasteiger partial charge on any atom is -0.378 e. The lowest BCUT2D eigenvalue weighted by molar-refractivity contribution is 0.181. The normalized spacial score (nSPS) is 10.5. The Kier molecular flexibility index (Phi) is 3.02. The van der Waals surface area contributed by atoms with E-state index in [4.69, 9.17) is 4.74 Å². The van der Waals surface area contributed by atoms with Gasteiger partial charge in [0.05, 0.1) is 17.3 Å². The van der Waals surface area contributed by atoms with Crippen molar-refractivity contribution in [2.24, 2.45) is 0 Å². The van der Waals surface area contributed by atoms with E-state index in [2.05, 4.69) is 36.2 Å². The molecule has 0 saturated heterocycles. The number of methoxy groups -OCH3 is 1. The van der Waals surface area contributed by atoms with E-state index in [1.54, 1.807) is 25.7 Å². The van der Waals surface area contributed by atoms with E-state index < -0.39 is 0 Å². The van der Waals surface area contributed by atoms with Crippen molar-refractivity contribution in [1.29, 1.82) is 0 Å². The van der Waals surface area contributed by atoms with Gasteiger partial charge < -0.3 is 4.74 Å². The lowest BCUT2D eigenvalue weighted by atomic mass is 10.5. The molecular weight excluding hydrogens is 262 g/mol. The number of hydrogen-bond acceptors (Lipinski definition) is 5. The molecule has 0 aliphatic rings. The SMILES string of the molecule is COCc1cn(-c2ncc(Br)cn2)nn1. The summed E-state index contributed by atoms with van der Waals surface area (Å²) in [6, 6.07) is 0. The van der Waals surface area contributed by atoms with Gasteiger partial charge in [-0.25, -0.2) is 9.97 Å². The molecule has 0 aliphatic carbocycles. The molecule has 15 heavy (non-hydrogen) atoms. The van der Waals surface area contributed by atoms with E-state index in [1.165, 1.54) is 4.68 Å². The van der Waals surface area contributed by atoms with E-state index in [0.29, 0.717) is 12.6 Å². The maximum absolute atomic E-state index is 4.93. The number of aromatic nitrogens is 5. The molecule has 0 unspecified atom stereocenters. The van der Waals surface area contributed by atoms with Crippen molar-refractivity contribution in [3.8, 4) is 5.95 Å². The zero-order chi connectivity index (χ0) is 10.7. The predicted octanol–water partition coefficient (Wildman–Crippen LogP) is 0.966. The van der Waals surface area contributed by atoms with Crippen molar-refractivity contribution < 1.29 is 4.74 Å². The quantitative estimate of drug-likeness (QED) is 0.831. The van der Waals surface area contributed by atoms with Crippen LogP contribution in [-0.2, 0) is 11.3 Å². The van der Waals surface area contributed by atoms with Gasteiger partial charge in [0, 0.05) is 19.5 Å². The molecule has 0 radical (unpaired) electrons. The van der Waals surface area contributed by atoms with E-state index in [1.807, 2.05) is 0 Å². The Bertz CT molecular complexity index is 441. The van der Waals surface area contributed by atoms with Crippen LogP contribution >= 0.6 is 15.9 Å². The highest BCUT2D eigenvalue weighted by atomic mass is 79.9. The molecule has 2 rings (SSSR count). The predicted molar refractivity (Wildman–Crippen MR) is 55.4 cm³/mol. The van der Waals surface area contributed by atoms with Gasteiger partial charge in [0.25, 0.3) is 5.95 Å². The molecule has 0 N–H and O–H groups in total. The van der Waals surface area contributed by atoms with Crippen LogP contribution < -0.4 is 0 Å². The molecule has 2 aromatic heterocycles. The zero-order valence-electron chi connectivity index (χ0n) is 7.96. The van der Waals surface area contributed by atoms with Crippen molar-refractivity contribution >= 4 is 15.9 Å². The fraction of sp³-hybridized carbons (Fsp3) is 0.250. The lowest BCUT2D eigenvalue weighted by Gasteiger charge is -1.96. The van der Waals surface area contributed by atoms with Crippen molar-refractivity contribution in [2.75, 3.05) is 7.11 Å². The fourth-order valence-corrected chi connectivity index (χ4v) is 1.24. The first kappa shape index (κ1) is 10.2. The summed E-state index contributed by atoms with van der Waals surface area (Å²) < 4.78 is 7.26. The van der Waals surface area contributed by atoms with Crippen LogP contribution in [0, 0.1) is 0 Å². The summed E-state index contributed by atoms with van der Waals surface area (Å²) in [4.78, 5) is 8.17. The van der Waals surface area contributed by atoms with Gasteiger partial charge in [0.2, 0.25) is 0 Å². The number of nitrogens with zero attached hydrogens (tertiary/aromatic N) is 5. The Morgan fingerprint density at radius 2 is 2.13 bits per heavy atom. The fourth-order valence-electron chi connectivity index (χ4n) is 1.03. The van der Waals surface area contributed by atoms with E-state index in [9.17, 15) is 0 Å². The lowest BCUT2D eigenvalue weighted by Crippen LogP contribution is -2.00. The number of rotatable bonds is 3. The average molecular weight is 270 g/mol. The van der Waals surface area contributed by atoms with Gasteiger partial charge in [-0.3, -0.25) is 0 Å². The molecule has 0 saturated carbocycles. The molecule has 78 valence electrons. The van der Waals surface area contributed by atoms with Crippen LogP contribution in [0.3, 0.4) is 0 Å². The topological polar surface area (TPSA) is 65.7 Å². The second kappa shape index (κ2) is 4.45. The number of hydrogen-bond donors (Lipinski definition) is 0. The molecule has 0 spiro atoms. The van der Waals surface area contributed by atoms with Gasteiger partial charge in [-0.2, -0.15) is 4.68 Å². The third-order valence-electron chi connectivity index (χ3n) is 1.64. The summed E-state index contributed by atoms with van der Waals surface area (Å²) in [5, 5.41) is 7.78. The summed E-state index contributed by atoms with van der Waals surface area (Å²) in [6.45, 7) is 0.427. The molecule has 2 aromatic rings. The third kappa shape index (κ3) is 2.37. The Balaban J connectivity index is 2.25. The molecule has 0 aliphatic heterocycles. The Morgan fingerprint density at radius 3 is 2.80 bits per heavy atom. The number of ether oxygens (including phenoxy) is 1. The highest BCUT2D eigenvalue weighted by Gasteiger charge is 2.04. The summed E-state index contributed by atoms with van der Waals surface area (Å²) in [5.74, 6) is 0.480. The molecule has 6 nitrogen and oxygen atoms in total. The van der Waals surface area contributed by atoms with Crippen LogP contribution in [0.2, 0.25) is 0 Å².